The molecule has 0 saturated heterocycles. The van der Waals surface area contributed by atoms with Crippen molar-refractivity contribution in [2.45, 2.75) is 32.4 Å². The van der Waals surface area contributed by atoms with Crippen molar-refractivity contribution in [2.24, 2.45) is 0 Å². The third-order valence-corrected chi connectivity index (χ3v) is 5.63. The number of hydrogen-bond acceptors (Lipinski definition) is 3. The Kier molecular flexibility index (Phi) is 5.54. The molecule has 0 fully saturated rings. The van der Waals surface area contributed by atoms with E-state index in [0.29, 0.717) is 19.0 Å². The van der Waals surface area contributed by atoms with Gasteiger partial charge in [0.15, 0.2) is 0 Å². The fourth-order valence-electron chi connectivity index (χ4n) is 3.99. The van der Waals surface area contributed by atoms with Crippen molar-refractivity contribution in [1.29, 1.82) is 0 Å². The summed E-state index contributed by atoms with van der Waals surface area (Å²) in [6, 6.07) is 20.6. The summed E-state index contributed by atoms with van der Waals surface area (Å²) in [6.45, 7) is 4.29. The molecule has 0 radical (unpaired) electrons. The maximum atomic E-state index is 13.0. The maximum Gasteiger partial charge on any atom is 0.254 e. The van der Waals surface area contributed by atoms with E-state index >= 15 is 0 Å². The molecule has 1 aliphatic heterocycles. The van der Waals surface area contributed by atoms with Crippen LogP contribution in [0.25, 0.3) is 0 Å². The van der Waals surface area contributed by atoms with Crippen LogP contribution in [0.4, 0.5) is 0 Å². The maximum absolute atomic E-state index is 13.0. The average molecular weight is 389 g/mol. The van der Waals surface area contributed by atoms with Crippen molar-refractivity contribution in [3.8, 4) is 0 Å². The van der Waals surface area contributed by atoms with Crippen LogP contribution in [0.1, 0.15) is 51.4 Å². The number of carbonyl (C=O) groups is 1. The van der Waals surface area contributed by atoms with Gasteiger partial charge < -0.3 is 14.2 Å². The van der Waals surface area contributed by atoms with Gasteiger partial charge in [-0.15, -0.1) is 0 Å². The first kappa shape index (κ1) is 19.5. The molecule has 0 N–H and O–H groups in total. The SMILES string of the molecule is CC(c1ccccc1)c1ccc(C(=O)N2CCc3oc(CN(C)C)cc3C2)cc1. The molecule has 0 aliphatic carbocycles. The molecule has 0 saturated carbocycles. The number of amides is 1. The van der Waals surface area contributed by atoms with Crippen molar-refractivity contribution in [1.82, 2.24) is 9.80 Å². The van der Waals surface area contributed by atoms with Crippen LogP contribution in [-0.4, -0.2) is 36.3 Å². The van der Waals surface area contributed by atoms with Gasteiger partial charge in [-0.25, -0.2) is 0 Å². The summed E-state index contributed by atoms with van der Waals surface area (Å²) in [7, 11) is 4.05. The second kappa shape index (κ2) is 8.26. The van der Waals surface area contributed by atoms with Crippen molar-refractivity contribution in [3.05, 3.63) is 94.4 Å². The second-order valence-electron chi connectivity index (χ2n) is 8.13. The number of rotatable bonds is 5. The Hall–Kier alpha value is -2.85. The van der Waals surface area contributed by atoms with Crippen LogP contribution >= 0.6 is 0 Å². The molecule has 1 amide bonds. The van der Waals surface area contributed by atoms with Gasteiger partial charge in [-0.1, -0.05) is 49.4 Å². The molecule has 2 heterocycles. The van der Waals surface area contributed by atoms with Crippen molar-refractivity contribution < 1.29 is 9.21 Å². The molecular formula is C25H28N2O2. The molecule has 1 aliphatic rings. The molecule has 4 nitrogen and oxygen atoms in total. The van der Waals surface area contributed by atoms with E-state index in [-0.39, 0.29) is 5.91 Å². The lowest BCUT2D eigenvalue weighted by molar-refractivity contribution is 0.0729. The van der Waals surface area contributed by atoms with Crippen LogP contribution in [0.15, 0.2) is 65.1 Å². The highest BCUT2D eigenvalue weighted by Gasteiger charge is 2.25. The molecule has 0 spiro atoms. The van der Waals surface area contributed by atoms with Crippen LogP contribution in [0.2, 0.25) is 0 Å². The van der Waals surface area contributed by atoms with Gasteiger partial charge in [0.25, 0.3) is 5.91 Å². The van der Waals surface area contributed by atoms with Gasteiger partial charge in [0.1, 0.15) is 11.5 Å². The summed E-state index contributed by atoms with van der Waals surface area (Å²) < 4.78 is 5.96. The van der Waals surface area contributed by atoms with Gasteiger partial charge in [-0.2, -0.15) is 0 Å². The minimum Gasteiger partial charge on any atom is -0.464 e. The Morgan fingerprint density at radius 3 is 2.45 bits per heavy atom. The third-order valence-electron chi connectivity index (χ3n) is 5.63. The topological polar surface area (TPSA) is 36.7 Å². The summed E-state index contributed by atoms with van der Waals surface area (Å²) >= 11 is 0. The molecule has 4 heteroatoms. The Morgan fingerprint density at radius 2 is 1.76 bits per heavy atom. The lowest BCUT2D eigenvalue weighted by Crippen LogP contribution is -2.35. The highest BCUT2D eigenvalue weighted by atomic mass is 16.3. The van der Waals surface area contributed by atoms with E-state index in [2.05, 4.69) is 54.3 Å². The van der Waals surface area contributed by atoms with Crippen molar-refractivity contribution >= 4 is 5.91 Å². The van der Waals surface area contributed by atoms with Crippen LogP contribution in [-0.2, 0) is 19.5 Å². The van der Waals surface area contributed by atoms with E-state index in [1.54, 1.807) is 0 Å². The molecule has 4 rings (SSSR count). The minimum atomic E-state index is 0.0879. The molecule has 2 aromatic carbocycles. The number of furan rings is 1. The highest BCUT2D eigenvalue weighted by molar-refractivity contribution is 5.94. The minimum absolute atomic E-state index is 0.0879. The lowest BCUT2D eigenvalue weighted by atomic mass is 9.92. The van der Waals surface area contributed by atoms with Crippen LogP contribution in [0.3, 0.4) is 0 Å². The van der Waals surface area contributed by atoms with Crippen LogP contribution < -0.4 is 0 Å². The van der Waals surface area contributed by atoms with Crippen LogP contribution in [0, 0.1) is 0 Å². The van der Waals surface area contributed by atoms with Crippen molar-refractivity contribution in [3.63, 3.8) is 0 Å². The third kappa shape index (κ3) is 4.28. The molecule has 1 atom stereocenters. The predicted octanol–water partition coefficient (Wildman–Crippen LogP) is 4.69. The fourth-order valence-corrected chi connectivity index (χ4v) is 3.99. The van der Waals surface area contributed by atoms with E-state index in [0.717, 1.165) is 35.6 Å². The molecule has 1 unspecified atom stereocenters. The number of carbonyl (C=O) groups excluding carboxylic acids is 1. The van der Waals surface area contributed by atoms with Gasteiger partial charge in [0.2, 0.25) is 0 Å². The second-order valence-corrected chi connectivity index (χ2v) is 8.13. The summed E-state index contributed by atoms with van der Waals surface area (Å²) in [5.41, 5.74) is 4.38. The smallest absolute Gasteiger partial charge is 0.254 e. The van der Waals surface area contributed by atoms with Gasteiger partial charge in [-0.3, -0.25) is 4.79 Å². The van der Waals surface area contributed by atoms with E-state index in [4.69, 9.17) is 4.42 Å². The summed E-state index contributed by atoms with van der Waals surface area (Å²) in [4.78, 5) is 17.0. The van der Waals surface area contributed by atoms with Gasteiger partial charge in [0.05, 0.1) is 6.54 Å². The summed E-state index contributed by atoms with van der Waals surface area (Å²) in [5, 5.41) is 0. The first-order chi connectivity index (χ1) is 14.0. The Bertz CT molecular complexity index is 974. The first-order valence-electron chi connectivity index (χ1n) is 10.2. The zero-order valence-electron chi connectivity index (χ0n) is 17.4. The zero-order chi connectivity index (χ0) is 20.4. The number of benzene rings is 2. The number of hydrogen-bond donors (Lipinski definition) is 0. The Morgan fingerprint density at radius 1 is 1.07 bits per heavy atom. The summed E-state index contributed by atoms with van der Waals surface area (Å²) in [5.74, 6) is 2.38. The predicted molar refractivity (Wildman–Crippen MR) is 115 cm³/mol. The van der Waals surface area contributed by atoms with Gasteiger partial charge in [-0.05, 0) is 43.4 Å². The first-order valence-corrected chi connectivity index (χ1v) is 10.2. The van der Waals surface area contributed by atoms with E-state index in [9.17, 15) is 4.79 Å². The van der Waals surface area contributed by atoms with Crippen LogP contribution in [0.5, 0.6) is 0 Å². The fraction of sp³-hybridized carbons (Fsp3) is 0.320. The molecule has 150 valence electrons. The Balaban J connectivity index is 1.45. The average Bonchev–Trinajstić information content (AvgIpc) is 3.14. The van der Waals surface area contributed by atoms with E-state index < -0.39 is 0 Å². The normalized spacial score (nSPS) is 14.7. The van der Waals surface area contributed by atoms with Gasteiger partial charge in [0, 0.05) is 36.6 Å². The molecule has 1 aromatic heterocycles. The molecular weight excluding hydrogens is 360 g/mol. The monoisotopic (exact) mass is 388 g/mol. The van der Waals surface area contributed by atoms with Crippen molar-refractivity contribution in [2.75, 3.05) is 20.6 Å². The standard InChI is InChI=1S/C25H28N2O2/c1-18(19-7-5-4-6-8-19)20-9-11-21(12-10-20)25(28)27-14-13-24-22(16-27)15-23(29-24)17-26(2)3/h4-12,15,18H,13-14,16-17H2,1-3H3. The van der Waals surface area contributed by atoms with Gasteiger partial charge >= 0.3 is 0 Å². The Labute approximate surface area is 172 Å². The van der Waals surface area contributed by atoms with E-state index in [1.807, 2.05) is 37.2 Å². The zero-order valence-corrected chi connectivity index (χ0v) is 17.4. The largest absolute Gasteiger partial charge is 0.464 e. The quantitative estimate of drug-likeness (QED) is 0.636. The lowest BCUT2D eigenvalue weighted by Gasteiger charge is -2.26. The molecule has 29 heavy (non-hydrogen) atoms. The highest BCUT2D eigenvalue weighted by Crippen LogP contribution is 2.27. The molecule has 0 bridgehead atoms. The molecule has 3 aromatic rings. The summed E-state index contributed by atoms with van der Waals surface area (Å²) in [6.07, 6.45) is 0.775. The number of nitrogens with zero attached hydrogens (tertiary/aromatic N) is 2. The number of fused-ring (bicyclic) bond motifs is 1. The van der Waals surface area contributed by atoms with E-state index in [1.165, 1.54) is 11.1 Å².